The third-order valence-corrected chi connectivity index (χ3v) is 6.76. The molecule has 0 bridgehead atoms. The first-order valence-corrected chi connectivity index (χ1v) is 12.5. The van der Waals surface area contributed by atoms with Gasteiger partial charge in [0, 0.05) is 35.9 Å². The minimum atomic E-state index is -0.509. The summed E-state index contributed by atoms with van der Waals surface area (Å²) in [7, 11) is 3.22. The molecule has 36 heavy (non-hydrogen) atoms. The summed E-state index contributed by atoms with van der Waals surface area (Å²) in [6.45, 7) is 9.05. The van der Waals surface area contributed by atoms with E-state index in [0.717, 1.165) is 29.1 Å². The molecule has 7 heteroatoms. The van der Waals surface area contributed by atoms with Gasteiger partial charge in [0.15, 0.2) is 5.78 Å². The second-order valence-electron chi connectivity index (χ2n) is 10.8. The molecule has 2 N–H and O–H groups in total. The van der Waals surface area contributed by atoms with Crippen molar-refractivity contribution in [2.24, 2.45) is 11.3 Å². The monoisotopic (exact) mass is 491 g/mol. The number of allylic oxidation sites excluding steroid dienone is 1. The van der Waals surface area contributed by atoms with Crippen molar-refractivity contribution >= 4 is 23.1 Å². The molecule has 0 aromatic heterocycles. The van der Waals surface area contributed by atoms with Crippen LogP contribution >= 0.6 is 0 Å². The Labute approximate surface area is 213 Å². The van der Waals surface area contributed by atoms with Crippen molar-refractivity contribution in [1.29, 1.82) is 0 Å². The van der Waals surface area contributed by atoms with Crippen molar-refractivity contribution in [3.63, 3.8) is 0 Å². The van der Waals surface area contributed by atoms with E-state index in [1.807, 2.05) is 47.4 Å². The quantitative estimate of drug-likeness (QED) is 0.562. The molecule has 0 saturated heterocycles. The van der Waals surface area contributed by atoms with Gasteiger partial charge >= 0.3 is 0 Å². The highest BCUT2D eigenvalue weighted by molar-refractivity contribution is 6.02. The number of hydrogen-bond acceptors (Lipinski definition) is 6. The van der Waals surface area contributed by atoms with Gasteiger partial charge < -0.3 is 25.0 Å². The second kappa shape index (κ2) is 10.2. The zero-order valence-electron chi connectivity index (χ0n) is 22.1. The van der Waals surface area contributed by atoms with Crippen LogP contribution < -0.4 is 25.0 Å². The number of fused-ring (bicyclic) bond motifs is 1. The summed E-state index contributed by atoms with van der Waals surface area (Å²) >= 11 is 0. The Morgan fingerprint density at radius 1 is 1.14 bits per heavy atom. The van der Waals surface area contributed by atoms with Gasteiger partial charge in [-0.1, -0.05) is 39.8 Å². The Balaban J connectivity index is 1.93. The average molecular weight is 492 g/mol. The minimum absolute atomic E-state index is 0.0806. The first-order valence-electron chi connectivity index (χ1n) is 12.5. The zero-order chi connectivity index (χ0) is 26.0. The summed E-state index contributed by atoms with van der Waals surface area (Å²) < 4.78 is 11.2. The fourth-order valence-electron chi connectivity index (χ4n) is 5.12. The van der Waals surface area contributed by atoms with Gasteiger partial charge in [-0.25, -0.2) is 0 Å². The van der Waals surface area contributed by atoms with Crippen LogP contribution in [0.15, 0.2) is 53.7 Å². The molecule has 0 fully saturated rings. The van der Waals surface area contributed by atoms with Crippen LogP contribution in [0.3, 0.4) is 0 Å². The lowest BCUT2D eigenvalue weighted by Gasteiger charge is -2.38. The lowest BCUT2D eigenvalue weighted by Crippen LogP contribution is -2.42. The van der Waals surface area contributed by atoms with Gasteiger partial charge in [-0.2, -0.15) is 0 Å². The molecule has 1 aliphatic heterocycles. The van der Waals surface area contributed by atoms with Crippen molar-refractivity contribution in [2.75, 3.05) is 37.5 Å². The van der Waals surface area contributed by atoms with E-state index in [1.54, 1.807) is 14.2 Å². The molecule has 0 saturated carbocycles. The number of benzene rings is 2. The Morgan fingerprint density at radius 3 is 2.58 bits per heavy atom. The summed E-state index contributed by atoms with van der Waals surface area (Å²) in [4.78, 5) is 29.0. The van der Waals surface area contributed by atoms with Crippen LogP contribution in [0, 0.1) is 11.3 Å². The summed E-state index contributed by atoms with van der Waals surface area (Å²) in [6, 6.07) is 13.0. The number of Topliss-reactive ketones (excluding diaryl/α,β-unsaturated/α-hetero) is 1. The summed E-state index contributed by atoms with van der Waals surface area (Å²) in [5.74, 6) is 1.59. The standard InChI is InChI=1S/C29H37N3O4/c1-18(2)16-30-26(34)17-32-23-10-8-7-9-21(23)31-22-14-29(3,4)15-24(33)27(22)28(32)20-12-11-19(35-5)13-25(20)36-6/h7-13,18,28,31H,14-17H2,1-6H3,(H,30,34). The van der Waals surface area contributed by atoms with Gasteiger partial charge in [-0.15, -0.1) is 0 Å². The molecule has 2 aliphatic rings. The third-order valence-electron chi connectivity index (χ3n) is 6.76. The van der Waals surface area contributed by atoms with E-state index >= 15 is 0 Å². The van der Waals surface area contributed by atoms with Crippen molar-refractivity contribution < 1.29 is 19.1 Å². The van der Waals surface area contributed by atoms with E-state index in [4.69, 9.17) is 9.47 Å². The molecule has 1 aliphatic carbocycles. The number of para-hydroxylation sites is 2. The zero-order valence-corrected chi connectivity index (χ0v) is 22.1. The van der Waals surface area contributed by atoms with Crippen molar-refractivity contribution in [3.8, 4) is 11.5 Å². The van der Waals surface area contributed by atoms with Gasteiger partial charge in [-0.05, 0) is 42.0 Å². The smallest absolute Gasteiger partial charge is 0.239 e. The van der Waals surface area contributed by atoms with Crippen LogP contribution in [-0.2, 0) is 9.59 Å². The van der Waals surface area contributed by atoms with Crippen molar-refractivity contribution in [3.05, 3.63) is 59.3 Å². The Morgan fingerprint density at radius 2 is 1.89 bits per heavy atom. The second-order valence-corrected chi connectivity index (χ2v) is 10.8. The molecule has 7 nitrogen and oxygen atoms in total. The summed E-state index contributed by atoms with van der Waals surface area (Å²) in [6.07, 6.45) is 1.16. The number of ketones is 1. The van der Waals surface area contributed by atoms with Gasteiger partial charge in [0.2, 0.25) is 5.91 Å². The lowest BCUT2D eigenvalue weighted by molar-refractivity contribution is -0.120. The Hall–Kier alpha value is -3.48. The molecule has 4 rings (SSSR count). The van der Waals surface area contributed by atoms with E-state index in [9.17, 15) is 9.59 Å². The van der Waals surface area contributed by atoms with Crippen LogP contribution in [0.25, 0.3) is 0 Å². The number of nitrogens with zero attached hydrogens (tertiary/aromatic N) is 1. The van der Waals surface area contributed by atoms with Crippen molar-refractivity contribution in [2.45, 2.75) is 46.6 Å². The highest BCUT2D eigenvalue weighted by Gasteiger charge is 2.42. The fourth-order valence-corrected chi connectivity index (χ4v) is 5.12. The molecule has 192 valence electrons. The molecular weight excluding hydrogens is 454 g/mol. The molecule has 1 heterocycles. The maximum absolute atomic E-state index is 13.8. The Kier molecular flexibility index (Phi) is 7.29. The average Bonchev–Trinajstić information content (AvgIpc) is 2.96. The molecule has 0 radical (unpaired) electrons. The summed E-state index contributed by atoms with van der Waals surface area (Å²) in [5.41, 5.74) is 3.97. The normalized spacial score (nSPS) is 18.7. The molecule has 0 spiro atoms. The molecule has 1 amide bonds. The molecule has 1 unspecified atom stereocenters. The van der Waals surface area contributed by atoms with E-state index in [1.165, 1.54) is 0 Å². The van der Waals surface area contributed by atoms with Crippen LogP contribution in [-0.4, -0.2) is 39.0 Å². The Bertz CT molecular complexity index is 1180. The van der Waals surface area contributed by atoms with Crippen LogP contribution in [0.1, 0.15) is 52.1 Å². The lowest BCUT2D eigenvalue weighted by atomic mass is 9.73. The first-order chi connectivity index (χ1) is 17.1. The van der Waals surface area contributed by atoms with Gasteiger partial charge in [0.05, 0.1) is 38.2 Å². The maximum Gasteiger partial charge on any atom is 0.239 e. The molecular formula is C29H37N3O4. The van der Waals surface area contributed by atoms with E-state index in [-0.39, 0.29) is 23.7 Å². The van der Waals surface area contributed by atoms with Crippen LogP contribution in [0.2, 0.25) is 0 Å². The predicted octanol–water partition coefficient (Wildman–Crippen LogP) is 5.09. The maximum atomic E-state index is 13.8. The van der Waals surface area contributed by atoms with E-state index in [0.29, 0.717) is 36.0 Å². The topological polar surface area (TPSA) is 79.9 Å². The summed E-state index contributed by atoms with van der Waals surface area (Å²) in [5, 5.41) is 6.62. The number of nitrogens with one attached hydrogen (secondary N) is 2. The number of rotatable bonds is 7. The molecule has 2 aromatic rings. The van der Waals surface area contributed by atoms with Gasteiger partial charge in [0.25, 0.3) is 0 Å². The number of methoxy groups -OCH3 is 2. The number of amides is 1. The number of carbonyl (C=O) groups excluding carboxylic acids is 2. The first kappa shape index (κ1) is 25.6. The fraction of sp³-hybridized carbons (Fsp3) is 0.448. The number of ether oxygens (including phenoxy) is 2. The minimum Gasteiger partial charge on any atom is -0.497 e. The number of carbonyl (C=O) groups is 2. The molecule has 1 atom stereocenters. The van der Waals surface area contributed by atoms with E-state index in [2.05, 4.69) is 38.3 Å². The third kappa shape index (κ3) is 5.20. The SMILES string of the molecule is COc1ccc(C2C3=C(CC(C)(C)CC3=O)Nc3ccccc3N2CC(=O)NCC(C)C)c(OC)c1. The highest BCUT2D eigenvalue weighted by Crippen LogP contribution is 2.49. The highest BCUT2D eigenvalue weighted by atomic mass is 16.5. The van der Waals surface area contributed by atoms with Crippen LogP contribution in [0.4, 0.5) is 11.4 Å². The number of hydrogen-bond donors (Lipinski definition) is 2. The number of anilines is 2. The predicted molar refractivity (Wildman–Crippen MR) is 143 cm³/mol. The molecule has 2 aromatic carbocycles. The van der Waals surface area contributed by atoms with Gasteiger partial charge in [0.1, 0.15) is 11.5 Å². The van der Waals surface area contributed by atoms with Crippen LogP contribution in [0.5, 0.6) is 11.5 Å². The largest absolute Gasteiger partial charge is 0.497 e. The van der Waals surface area contributed by atoms with E-state index < -0.39 is 6.04 Å². The van der Waals surface area contributed by atoms with Gasteiger partial charge in [-0.3, -0.25) is 9.59 Å². The van der Waals surface area contributed by atoms with Crippen molar-refractivity contribution in [1.82, 2.24) is 5.32 Å².